The molecule has 1 aromatic rings. The molecule has 1 heterocycles. The maximum Gasteiger partial charge on any atom is 0.509 e. The van der Waals surface area contributed by atoms with Crippen LogP contribution in [0.5, 0.6) is 11.5 Å². The van der Waals surface area contributed by atoms with Crippen LogP contribution in [0, 0.1) is 0 Å². The van der Waals surface area contributed by atoms with Gasteiger partial charge in [-0.15, -0.1) is 0 Å². The normalized spacial score (nSPS) is 20.9. The van der Waals surface area contributed by atoms with Crippen LogP contribution in [0.3, 0.4) is 0 Å². The van der Waals surface area contributed by atoms with Crippen molar-refractivity contribution < 1.29 is 28.9 Å². The van der Waals surface area contributed by atoms with E-state index in [2.05, 4.69) is 9.89 Å². The van der Waals surface area contributed by atoms with Crippen molar-refractivity contribution in [3.63, 3.8) is 0 Å². The molecule has 7 nitrogen and oxygen atoms in total. The third-order valence-electron chi connectivity index (χ3n) is 2.86. The topological polar surface area (TPSA) is 86.6 Å². The third kappa shape index (κ3) is 2.76. The molecule has 108 valence electrons. The number of benzene rings is 1. The van der Waals surface area contributed by atoms with Gasteiger partial charge in [0.25, 0.3) is 5.79 Å². The quantitative estimate of drug-likeness (QED) is 0.852. The van der Waals surface area contributed by atoms with Gasteiger partial charge in [0.05, 0.1) is 26.4 Å². The predicted octanol–water partition coefficient (Wildman–Crippen LogP) is 2.24. The molecule has 0 fully saturated rings. The van der Waals surface area contributed by atoms with Crippen LogP contribution in [-0.4, -0.2) is 37.0 Å². The summed E-state index contributed by atoms with van der Waals surface area (Å²) in [4.78, 5) is 15.7. The highest BCUT2D eigenvalue weighted by Crippen LogP contribution is 2.33. The summed E-state index contributed by atoms with van der Waals surface area (Å²) in [5.41, 5.74) is 1.20. The third-order valence-corrected chi connectivity index (χ3v) is 2.86. The van der Waals surface area contributed by atoms with Gasteiger partial charge in [-0.05, 0) is 18.2 Å². The molecule has 2 rings (SSSR count). The highest BCUT2D eigenvalue weighted by Gasteiger charge is 2.39. The van der Waals surface area contributed by atoms with E-state index in [9.17, 15) is 4.79 Å². The van der Waals surface area contributed by atoms with Gasteiger partial charge in [-0.1, -0.05) is 5.16 Å². The van der Waals surface area contributed by atoms with Crippen LogP contribution in [0.1, 0.15) is 18.9 Å². The minimum atomic E-state index is -1.42. The summed E-state index contributed by atoms with van der Waals surface area (Å²) in [5, 5.41) is 12.6. The van der Waals surface area contributed by atoms with E-state index in [4.69, 9.17) is 19.4 Å². The highest BCUT2D eigenvalue weighted by molar-refractivity contribution is 6.04. The molecular weight excluding hydrogens is 266 g/mol. The summed E-state index contributed by atoms with van der Waals surface area (Å²) in [6.07, 6.45) is -1.23. The Morgan fingerprint density at radius 2 is 2.15 bits per heavy atom. The summed E-state index contributed by atoms with van der Waals surface area (Å²) in [5.74, 6) is -0.0982. The van der Waals surface area contributed by atoms with Crippen LogP contribution < -0.4 is 9.47 Å². The number of methoxy groups -OCH3 is 2. The Labute approximate surface area is 115 Å². The fourth-order valence-corrected chi connectivity index (χ4v) is 1.94. The Hall–Kier alpha value is -2.44. The Kier molecular flexibility index (Phi) is 3.69. The standard InChI is InChI=1S/C13H15NO6/c1-13(19-12(15)16)7-10(14-20-13)9-6-8(17-2)4-5-11(9)18-3/h4-6H,7H2,1-3H3,(H,15,16). The summed E-state index contributed by atoms with van der Waals surface area (Å²) in [6, 6.07) is 5.24. The first-order chi connectivity index (χ1) is 9.47. The molecule has 0 aliphatic carbocycles. The molecule has 0 aromatic heterocycles. The number of carbonyl (C=O) groups is 1. The van der Waals surface area contributed by atoms with E-state index in [-0.39, 0.29) is 6.42 Å². The minimum absolute atomic E-state index is 0.183. The second-order valence-electron chi connectivity index (χ2n) is 4.37. The Bertz CT molecular complexity index is 556. The second-order valence-corrected chi connectivity index (χ2v) is 4.37. The molecule has 20 heavy (non-hydrogen) atoms. The number of hydrogen-bond donors (Lipinski definition) is 1. The lowest BCUT2D eigenvalue weighted by Gasteiger charge is -2.19. The van der Waals surface area contributed by atoms with Gasteiger partial charge in [0.2, 0.25) is 0 Å². The molecule has 0 spiro atoms. The fourth-order valence-electron chi connectivity index (χ4n) is 1.94. The molecule has 0 amide bonds. The molecule has 1 aliphatic heterocycles. The number of ether oxygens (including phenoxy) is 3. The first kappa shape index (κ1) is 14.0. The van der Waals surface area contributed by atoms with E-state index in [1.165, 1.54) is 14.0 Å². The maximum absolute atomic E-state index is 10.6. The SMILES string of the molecule is COc1ccc(OC)c(C2=NOC(C)(OC(=O)O)C2)c1. The van der Waals surface area contributed by atoms with E-state index < -0.39 is 11.9 Å². The molecular formula is C13H15NO6. The summed E-state index contributed by atoms with van der Waals surface area (Å²) < 4.78 is 15.1. The van der Waals surface area contributed by atoms with Gasteiger partial charge in [-0.25, -0.2) is 4.79 Å². The van der Waals surface area contributed by atoms with Crippen molar-refractivity contribution in [3.05, 3.63) is 23.8 Å². The molecule has 0 bridgehead atoms. The lowest BCUT2D eigenvalue weighted by molar-refractivity contribution is -0.180. The molecule has 7 heteroatoms. The lowest BCUT2D eigenvalue weighted by Crippen LogP contribution is -2.31. The molecule has 0 saturated heterocycles. The van der Waals surface area contributed by atoms with Gasteiger partial charge < -0.3 is 24.2 Å². The Balaban J connectivity index is 2.27. The van der Waals surface area contributed by atoms with E-state index in [0.717, 1.165) is 0 Å². The Morgan fingerprint density at radius 1 is 1.40 bits per heavy atom. The summed E-state index contributed by atoms with van der Waals surface area (Å²) in [7, 11) is 3.09. The first-order valence-electron chi connectivity index (χ1n) is 5.87. The molecule has 1 N–H and O–H groups in total. The van der Waals surface area contributed by atoms with Crippen LogP contribution in [-0.2, 0) is 9.57 Å². The smallest absolute Gasteiger partial charge is 0.497 e. The molecule has 0 radical (unpaired) electrons. The fraction of sp³-hybridized carbons (Fsp3) is 0.385. The molecule has 1 aliphatic rings. The van der Waals surface area contributed by atoms with E-state index >= 15 is 0 Å². The van der Waals surface area contributed by atoms with Gasteiger partial charge in [0, 0.05) is 12.5 Å². The molecule has 1 unspecified atom stereocenters. The zero-order valence-corrected chi connectivity index (χ0v) is 11.4. The largest absolute Gasteiger partial charge is 0.509 e. The first-order valence-corrected chi connectivity index (χ1v) is 5.87. The second kappa shape index (κ2) is 5.28. The van der Waals surface area contributed by atoms with Crippen molar-refractivity contribution in [2.75, 3.05) is 14.2 Å². The number of hydrogen-bond acceptors (Lipinski definition) is 6. The van der Waals surface area contributed by atoms with Crippen molar-refractivity contribution in [1.82, 2.24) is 0 Å². The van der Waals surface area contributed by atoms with Gasteiger partial charge in [0.1, 0.15) is 11.5 Å². The summed E-state index contributed by atoms with van der Waals surface area (Å²) in [6.45, 7) is 1.50. The Morgan fingerprint density at radius 3 is 2.75 bits per heavy atom. The lowest BCUT2D eigenvalue weighted by atomic mass is 10.0. The minimum Gasteiger partial charge on any atom is -0.497 e. The zero-order valence-electron chi connectivity index (χ0n) is 11.4. The maximum atomic E-state index is 10.6. The van der Waals surface area contributed by atoms with Crippen molar-refractivity contribution in [3.8, 4) is 11.5 Å². The number of nitrogens with zero attached hydrogens (tertiary/aromatic N) is 1. The van der Waals surface area contributed by atoms with Gasteiger partial charge in [0.15, 0.2) is 0 Å². The van der Waals surface area contributed by atoms with Crippen LogP contribution in [0.2, 0.25) is 0 Å². The van der Waals surface area contributed by atoms with E-state index in [1.807, 2.05) is 0 Å². The number of rotatable bonds is 4. The monoisotopic (exact) mass is 281 g/mol. The highest BCUT2D eigenvalue weighted by atomic mass is 16.8. The van der Waals surface area contributed by atoms with E-state index in [1.54, 1.807) is 25.3 Å². The average Bonchev–Trinajstić information content (AvgIpc) is 2.79. The van der Waals surface area contributed by atoms with Crippen LogP contribution in [0.15, 0.2) is 23.4 Å². The van der Waals surface area contributed by atoms with Gasteiger partial charge >= 0.3 is 6.16 Å². The van der Waals surface area contributed by atoms with Crippen molar-refractivity contribution in [1.29, 1.82) is 0 Å². The summed E-state index contributed by atoms with van der Waals surface area (Å²) >= 11 is 0. The predicted molar refractivity (Wildman–Crippen MR) is 69.3 cm³/mol. The van der Waals surface area contributed by atoms with Gasteiger partial charge in [-0.2, -0.15) is 0 Å². The number of carboxylic acid groups (broad SMARTS) is 1. The van der Waals surface area contributed by atoms with E-state index in [0.29, 0.717) is 22.8 Å². The van der Waals surface area contributed by atoms with Crippen LogP contribution in [0.4, 0.5) is 4.79 Å². The van der Waals surface area contributed by atoms with Crippen molar-refractivity contribution in [2.24, 2.45) is 5.16 Å². The van der Waals surface area contributed by atoms with Crippen LogP contribution in [0.25, 0.3) is 0 Å². The number of oxime groups is 1. The van der Waals surface area contributed by atoms with Gasteiger partial charge in [-0.3, -0.25) is 0 Å². The zero-order chi connectivity index (χ0) is 14.8. The molecule has 0 saturated carbocycles. The van der Waals surface area contributed by atoms with Crippen LogP contribution >= 0.6 is 0 Å². The molecule has 1 atom stereocenters. The van der Waals surface area contributed by atoms with Crippen molar-refractivity contribution in [2.45, 2.75) is 19.1 Å². The average molecular weight is 281 g/mol. The van der Waals surface area contributed by atoms with Crippen molar-refractivity contribution >= 4 is 11.9 Å². The molecule has 1 aromatic carbocycles.